The molecule has 2 amide bonds. The molecule has 3 heterocycles. The van der Waals surface area contributed by atoms with Gasteiger partial charge in [-0.05, 0) is 44.9 Å². The van der Waals surface area contributed by atoms with Crippen LogP contribution in [0, 0.1) is 0 Å². The van der Waals surface area contributed by atoms with Gasteiger partial charge < -0.3 is 100 Å². The molecule has 18 unspecified atom stereocenters. The number of unbranched alkanes of at least 4 members (excludes halogenated alkanes) is 30. The highest BCUT2D eigenvalue weighted by Crippen LogP contribution is 2.39. The lowest BCUT2D eigenvalue weighted by atomic mass is 9.88. The number of carboxylic acids is 1. The molecular formula is C70H126N2O21. The Hall–Kier alpha value is -3.05. The fraction of sp³-hybridized carbons (Fsp3) is 0.871. The topological polar surface area (TPSA) is 373 Å². The first-order chi connectivity index (χ1) is 44.9. The minimum Gasteiger partial charge on any atom is -0.477 e. The van der Waals surface area contributed by atoms with Gasteiger partial charge in [-0.1, -0.05) is 224 Å². The van der Waals surface area contributed by atoms with E-state index in [1.165, 1.54) is 148 Å². The van der Waals surface area contributed by atoms with Gasteiger partial charge in [0.2, 0.25) is 11.8 Å². The van der Waals surface area contributed by atoms with E-state index in [0.29, 0.717) is 12.8 Å². The van der Waals surface area contributed by atoms with Crippen molar-refractivity contribution in [3.05, 3.63) is 36.5 Å². The fourth-order valence-electron chi connectivity index (χ4n) is 12.4. The highest BCUT2D eigenvalue weighted by Gasteiger charge is 2.60. The molecule has 542 valence electrons. The molecule has 14 N–H and O–H groups in total. The maximum Gasteiger partial charge on any atom is 0.364 e. The third-order valence-corrected chi connectivity index (χ3v) is 18.1. The third-order valence-electron chi connectivity index (χ3n) is 18.1. The molecule has 3 saturated heterocycles. The number of aliphatic hydroxyl groups excluding tert-OH is 11. The molecule has 3 aliphatic rings. The summed E-state index contributed by atoms with van der Waals surface area (Å²) < 4.78 is 34.8. The Labute approximate surface area is 555 Å². The summed E-state index contributed by atoms with van der Waals surface area (Å²) in [6.07, 6.45) is 23.2. The minimum absolute atomic E-state index is 0.200. The van der Waals surface area contributed by atoms with E-state index in [0.717, 1.165) is 64.7 Å². The molecule has 0 aromatic rings. The second-order valence-corrected chi connectivity index (χ2v) is 26.1. The average Bonchev–Trinajstić information content (AvgIpc) is 0.766. The fourth-order valence-corrected chi connectivity index (χ4v) is 12.4. The van der Waals surface area contributed by atoms with Gasteiger partial charge in [0.1, 0.15) is 67.1 Å². The Kier molecular flexibility index (Phi) is 45.5. The van der Waals surface area contributed by atoms with E-state index >= 15 is 0 Å². The minimum atomic E-state index is -3.08. The van der Waals surface area contributed by atoms with Crippen LogP contribution in [0.2, 0.25) is 0 Å². The molecule has 0 aromatic carbocycles. The smallest absolute Gasteiger partial charge is 0.364 e. The van der Waals surface area contributed by atoms with Crippen molar-refractivity contribution in [2.45, 2.75) is 362 Å². The Balaban J connectivity index is 1.59. The molecule has 0 saturated carbocycles. The lowest BCUT2D eigenvalue weighted by Crippen LogP contribution is -2.70. The Bertz CT molecular complexity index is 2020. The predicted molar refractivity (Wildman–Crippen MR) is 352 cm³/mol. The summed E-state index contributed by atoms with van der Waals surface area (Å²) in [5.74, 6) is -6.14. The van der Waals surface area contributed by atoms with Crippen molar-refractivity contribution in [3.8, 4) is 0 Å². The second kappa shape index (κ2) is 50.3. The number of hydrogen-bond acceptors (Lipinski definition) is 20. The molecule has 23 heteroatoms. The van der Waals surface area contributed by atoms with E-state index in [2.05, 4.69) is 48.8 Å². The summed E-state index contributed by atoms with van der Waals surface area (Å²) >= 11 is 0. The number of ether oxygens (including phenoxy) is 6. The van der Waals surface area contributed by atoms with Crippen LogP contribution < -0.4 is 10.6 Å². The first kappa shape index (κ1) is 84.2. The summed E-state index contributed by atoms with van der Waals surface area (Å²) in [4.78, 5) is 38.6. The number of aliphatic carboxylic acids is 1. The van der Waals surface area contributed by atoms with Crippen molar-refractivity contribution in [1.82, 2.24) is 10.6 Å². The number of aliphatic hydroxyl groups is 11. The quantitative estimate of drug-likeness (QED) is 0.0215. The van der Waals surface area contributed by atoms with Crippen molar-refractivity contribution in [1.29, 1.82) is 0 Å². The van der Waals surface area contributed by atoms with Crippen LogP contribution in [-0.4, -0.2) is 215 Å². The molecule has 0 bridgehead atoms. The molecule has 0 radical (unpaired) electrons. The summed E-state index contributed by atoms with van der Waals surface area (Å²) in [5.41, 5.74) is 0. The van der Waals surface area contributed by atoms with Gasteiger partial charge in [0, 0.05) is 19.8 Å². The number of carbonyl (C=O) groups is 3. The zero-order valence-corrected chi connectivity index (χ0v) is 56.6. The molecule has 3 fully saturated rings. The maximum absolute atomic E-state index is 13.5. The molecule has 3 rings (SSSR count). The van der Waals surface area contributed by atoms with Gasteiger partial charge in [0.25, 0.3) is 5.79 Å². The van der Waals surface area contributed by atoms with Crippen LogP contribution in [-0.2, 0) is 42.8 Å². The van der Waals surface area contributed by atoms with Gasteiger partial charge in [0.15, 0.2) is 12.6 Å². The van der Waals surface area contributed by atoms with Crippen molar-refractivity contribution >= 4 is 17.8 Å². The van der Waals surface area contributed by atoms with Crippen LogP contribution in [0.25, 0.3) is 0 Å². The van der Waals surface area contributed by atoms with E-state index in [4.69, 9.17) is 28.4 Å². The van der Waals surface area contributed by atoms with Gasteiger partial charge in [0.05, 0.1) is 50.7 Å². The van der Waals surface area contributed by atoms with E-state index in [1.54, 1.807) is 6.08 Å². The van der Waals surface area contributed by atoms with E-state index in [9.17, 15) is 75.7 Å². The highest BCUT2D eigenvalue weighted by atomic mass is 16.8. The van der Waals surface area contributed by atoms with Crippen molar-refractivity contribution < 1.29 is 104 Å². The predicted octanol–water partition coefficient (Wildman–Crippen LogP) is 7.01. The van der Waals surface area contributed by atoms with Gasteiger partial charge >= 0.3 is 5.97 Å². The molecular weight excluding hydrogens is 1200 g/mol. The molecule has 0 spiro atoms. The van der Waals surface area contributed by atoms with Gasteiger partial charge in [-0.15, -0.1) is 0 Å². The zero-order chi connectivity index (χ0) is 68.2. The standard InChI is InChI=1S/C70H126N2O21/c1-4-6-8-10-12-14-16-18-20-22-24-25-26-28-30-32-34-36-38-40-42-44-57(80)72-51(52(77)43-41-39-37-35-33-31-29-27-23-21-19-17-15-13-11-9-7-5-2)49-88-67-62(84)61(83)64(56(48-75)90-67)91-68-63(85)66(60(82)55(47-74)89-68)93-70(69(86)87)45-53(78)58(71-50(3)76)65(92-70)59(81)54(79)46-73/h6,8,12,14,41,43,51-56,58-68,73-75,77-79,81-85H,4-5,7,9-11,13,15-40,42,44-49H2,1-3H3,(H,71,76)(H,72,80)(H,86,87)/b8-6-,14-12-,43-41+. The molecule has 93 heavy (non-hydrogen) atoms. The molecule has 0 aromatic heterocycles. The second-order valence-electron chi connectivity index (χ2n) is 26.1. The summed E-state index contributed by atoms with van der Waals surface area (Å²) in [6.45, 7) is 2.05. The molecule has 0 aliphatic carbocycles. The average molecular weight is 1330 g/mol. The van der Waals surface area contributed by atoms with E-state index in [1.807, 2.05) is 6.08 Å². The monoisotopic (exact) mass is 1330 g/mol. The molecule has 3 aliphatic heterocycles. The van der Waals surface area contributed by atoms with Crippen LogP contribution in [0.3, 0.4) is 0 Å². The van der Waals surface area contributed by atoms with Crippen LogP contribution in [0.4, 0.5) is 0 Å². The summed E-state index contributed by atoms with van der Waals surface area (Å²) in [7, 11) is 0. The Morgan fingerprint density at radius 2 is 1.08 bits per heavy atom. The van der Waals surface area contributed by atoms with Gasteiger partial charge in [-0.3, -0.25) is 9.59 Å². The summed E-state index contributed by atoms with van der Waals surface area (Å²) in [6, 6.07) is -2.62. The van der Waals surface area contributed by atoms with E-state index < -0.39 is 155 Å². The van der Waals surface area contributed by atoms with Crippen molar-refractivity contribution in [3.63, 3.8) is 0 Å². The number of rotatable bonds is 54. The Morgan fingerprint density at radius 3 is 1.57 bits per heavy atom. The first-order valence-electron chi connectivity index (χ1n) is 35.9. The number of carboxylic acid groups (broad SMARTS) is 1. The van der Waals surface area contributed by atoms with Crippen LogP contribution in [0.1, 0.15) is 252 Å². The lowest BCUT2D eigenvalue weighted by molar-refractivity contribution is -0.386. The van der Waals surface area contributed by atoms with Crippen LogP contribution in [0.15, 0.2) is 36.5 Å². The number of carbonyl (C=O) groups excluding carboxylic acids is 2. The summed E-state index contributed by atoms with van der Waals surface area (Å²) in [5, 5.41) is 136. The van der Waals surface area contributed by atoms with Crippen LogP contribution >= 0.6 is 0 Å². The highest BCUT2D eigenvalue weighted by molar-refractivity contribution is 5.77. The zero-order valence-electron chi connectivity index (χ0n) is 56.6. The maximum atomic E-state index is 13.5. The SMILES string of the molecule is CC/C=C\C/C=C\CCCCCCCCCCCCCCCCC(=O)NC(COC1OC(CO)C(OC2OC(CO)C(O)C(OC3(C(=O)O)CC(O)C(NC(C)=O)C(C(O)C(O)CO)O3)C2O)C(O)C1O)C(O)/C=C/CCCCCCCCCCCCCCCCCC. The van der Waals surface area contributed by atoms with Crippen molar-refractivity contribution in [2.24, 2.45) is 0 Å². The third kappa shape index (κ3) is 32.5. The number of nitrogens with one attached hydrogen (secondary N) is 2. The van der Waals surface area contributed by atoms with Gasteiger partial charge in [-0.2, -0.15) is 0 Å². The largest absolute Gasteiger partial charge is 0.477 e. The number of hydrogen-bond donors (Lipinski definition) is 14. The van der Waals surface area contributed by atoms with Crippen LogP contribution in [0.5, 0.6) is 0 Å². The first-order valence-corrected chi connectivity index (χ1v) is 35.9. The normalized spacial score (nSPS) is 28.3. The molecule has 18 atom stereocenters. The number of allylic oxidation sites excluding steroid dienone is 5. The van der Waals surface area contributed by atoms with E-state index in [-0.39, 0.29) is 12.3 Å². The van der Waals surface area contributed by atoms with Gasteiger partial charge in [-0.25, -0.2) is 4.79 Å². The Morgan fingerprint density at radius 1 is 0.581 bits per heavy atom. The van der Waals surface area contributed by atoms with Crippen molar-refractivity contribution in [2.75, 3.05) is 26.4 Å². The molecule has 23 nitrogen and oxygen atoms in total. The number of amides is 2. The lowest BCUT2D eigenvalue weighted by Gasteiger charge is -2.50.